The largest absolute Gasteiger partial charge is 0.483 e. The van der Waals surface area contributed by atoms with E-state index >= 15 is 0 Å². The second-order valence-corrected chi connectivity index (χ2v) is 9.43. The van der Waals surface area contributed by atoms with Crippen LogP contribution in [0, 0.1) is 27.8 Å². The van der Waals surface area contributed by atoms with Crippen molar-refractivity contribution in [2.24, 2.45) is 5.73 Å². The van der Waals surface area contributed by atoms with Crippen LogP contribution in [0.3, 0.4) is 0 Å². The summed E-state index contributed by atoms with van der Waals surface area (Å²) >= 11 is 5.94. The summed E-state index contributed by atoms with van der Waals surface area (Å²) in [5.41, 5.74) is 2.29. The molecule has 0 saturated heterocycles. The van der Waals surface area contributed by atoms with Crippen LogP contribution in [0.1, 0.15) is 40.9 Å². The normalized spacial score (nSPS) is 11.3. The minimum Gasteiger partial charge on any atom is -0.483 e. The van der Waals surface area contributed by atoms with Crippen molar-refractivity contribution in [3.05, 3.63) is 97.8 Å². The van der Waals surface area contributed by atoms with E-state index < -0.39 is 57.6 Å². The number of carbonyl (C=O) groups is 2. The summed E-state index contributed by atoms with van der Waals surface area (Å²) in [7, 11) is 0. The third kappa shape index (κ3) is 8.02. The smallest absolute Gasteiger partial charge is 0.416 e. The molecule has 3 N–H and O–H groups in total. The van der Waals surface area contributed by atoms with Crippen LogP contribution in [0.25, 0.3) is 0 Å². The van der Waals surface area contributed by atoms with Gasteiger partial charge in [-0.3, -0.25) is 19.7 Å². The van der Waals surface area contributed by atoms with Crippen LogP contribution in [0.2, 0.25) is 5.02 Å². The monoisotopic (exact) mass is 577 g/mol. The van der Waals surface area contributed by atoms with Crippen LogP contribution in [0.15, 0.2) is 54.6 Å². The van der Waals surface area contributed by atoms with Crippen LogP contribution in [0.5, 0.6) is 5.75 Å². The number of nitrogens with two attached hydrogens (primary N) is 1. The molecule has 3 aromatic rings. The van der Waals surface area contributed by atoms with Gasteiger partial charge in [0.1, 0.15) is 17.3 Å². The minimum atomic E-state index is -4.91. The van der Waals surface area contributed by atoms with E-state index in [1.54, 1.807) is 13.8 Å². The van der Waals surface area contributed by atoms with Gasteiger partial charge in [0.15, 0.2) is 12.4 Å². The SMILES string of the molecule is CC(C)(N)C#Cc1ccc(NC(=O)COc2ccc(Cl)cc2C(=O)c2cc(F)cc(C(F)(F)F)c2)c([N+](=O)[O-])c1. The fraction of sp³-hybridized carbons (Fsp3) is 0.185. The number of nitro groups is 1. The molecular formula is C27H20ClF4N3O5. The molecule has 0 fully saturated rings. The Bertz CT molecular complexity index is 1560. The summed E-state index contributed by atoms with van der Waals surface area (Å²) in [6.07, 6.45) is -4.91. The Morgan fingerprint density at radius 3 is 2.42 bits per heavy atom. The highest BCUT2D eigenvalue weighted by Gasteiger charge is 2.32. The molecule has 0 saturated carbocycles. The number of hydrogen-bond acceptors (Lipinski definition) is 6. The van der Waals surface area contributed by atoms with Crippen LogP contribution < -0.4 is 15.8 Å². The van der Waals surface area contributed by atoms with Gasteiger partial charge in [-0.25, -0.2) is 4.39 Å². The third-order valence-electron chi connectivity index (χ3n) is 5.03. The molecule has 0 spiro atoms. The van der Waals surface area contributed by atoms with Crippen LogP contribution in [-0.2, 0) is 11.0 Å². The fourth-order valence-electron chi connectivity index (χ4n) is 3.27. The van der Waals surface area contributed by atoms with Crippen molar-refractivity contribution in [1.29, 1.82) is 0 Å². The molecule has 40 heavy (non-hydrogen) atoms. The Morgan fingerprint density at radius 1 is 1.10 bits per heavy atom. The van der Waals surface area contributed by atoms with Gasteiger partial charge in [-0.15, -0.1) is 0 Å². The first kappa shape index (κ1) is 30.1. The van der Waals surface area contributed by atoms with Gasteiger partial charge in [0, 0.05) is 22.2 Å². The number of hydrogen-bond donors (Lipinski definition) is 2. The lowest BCUT2D eigenvalue weighted by Gasteiger charge is -2.13. The summed E-state index contributed by atoms with van der Waals surface area (Å²) in [6, 6.07) is 8.78. The Morgan fingerprint density at radius 2 is 1.80 bits per heavy atom. The quantitative estimate of drug-likeness (QED) is 0.121. The van der Waals surface area contributed by atoms with E-state index in [9.17, 15) is 37.3 Å². The molecule has 0 aliphatic rings. The molecule has 8 nitrogen and oxygen atoms in total. The Balaban J connectivity index is 1.82. The van der Waals surface area contributed by atoms with Gasteiger partial charge >= 0.3 is 6.18 Å². The number of amides is 1. The number of rotatable bonds is 7. The molecule has 0 radical (unpaired) electrons. The molecule has 3 rings (SSSR count). The number of anilines is 1. The molecule has 208 valence electrons. The molecule has 13 heteroatoms. The van der Waals surface area contributed by atoms with Crippen molar-refractivity contribution in [2.45, 2.75) is 25.6 Å². The van der Waals surface area contributed by atoms with Gasteiger partial charge in [-0.05, 0) is 62.4 Å². The van der Waals surface area contributed by atoms with Gasteiger partial charge in [0.05, 0.1) is 21.6 Å². The summed E-state index contributed by atoms with van der Waals surface area (Å²) in [6.45, 7) is 2.56. The maximum absolute atomic E-state index is 13.9. The van der Waals surface area contributed by atoms with Crippen LogP contribution in [0.4, 0.5) is 28.9 Å². The predicted octanol–water partition coefficient (Wildman–Crippen LogP) is 5.74. The van der Waals surface area contributed by atoms with Gasteiger partial charge < -0.3 is 15.8 Å². The maximum Gasteiger partial charge on any atom is 0.416 e. The number of nitrogens with one attached hydrogen (secondary N) is 1. The number of ketones is 1. The summed E-state index contributed by atoms with van der Waals surface area (Å²) < 4.78 is 58.6. The Hall–Kier alpha value is -4.47. The van der Waals surface area contributed by atoms with E-state index in [0.717, 1.165) is 12.1 Å². The topological polar surface area (TPSA) is 125 Å². The highest BCUT2D eigenvalue weighted by atomic mass is 35.5. The van der Waals surface area contributed by atoms with Gasteiger partial charge in [-0.1, -0.05) is 23.4 Å². The second-order valence-electron chi connectivity index (χ2n) is 8.99. The summed E-state index contributed by atoms with van der Waals surface area (Å²) in [4.78, 5) is 36.3. The van der Waals surface area contributed by atoms with Crippen molar-refractivity contribution in [3.8, 4) is 17.6 Å². The minimum absolute atomic E-state index is 0.0180. The maximum atomic E-state index is 13.9. The lowest BCUT2D eigenvalue weighted by molar-refractivity contribution is -0.383. The number of halogens is 5. The molecule has 0 aliphatic heterocycles. The van der Waals surface area contributed by atoms with Crippen molar-refractivity contribution >= 4 is 34.7 Å². The standard InChI is InChI=1S/C27H20ClF4N3O5/c1-26(2,33)8-7-15-3-5-21(22(9-15)35(38)39)34-24(36)14-40-23-6-4-18(28)13-20(23)25(37)16-10-17(27(30,31)32)12-19(29)11-16/h3-6,9-13H,14,33H2,1-2H3,(H,34,36). The van der Waals surface area contributed by atoms with Crippen molar-refractivity contribution in [1.82, 2.24) is 0 Å². The van der Waals surface area contributed by atoms with Gasteiger partial charge in [-0.2, -0.15) is 13.2 Å². The zero-order valence-corrected chi connectivity index (χ0v) is 21.6. The second kappa shape index (κ2) is 11.7. The van der Waals surface area contributed by atoms with E-state index in [0.29, 0.717) is 12.1 Å². The number of carbonyl (C=O) groups excluding carboxylic acids is 2. The zero-order chi connectivity index (χ0) is 29.8. The Kier molecular flexibility index (Phi) is 8.82. The van der Waals surface area contributed by atoms with Crippen molar-refractivity contribution in [3.63, 3.8) is 0 Å². The average molecular weight is 578 g/mol. The fourth-order valence-corrected chi connectivity index (χ4v) is 3.45. The first-order valence-electron chi connectivity index (χ1n) is 11.3. The molecule has 0 bridgehead atoms. The number of nitro benzene ring substituents is 1. The van der Waals surface area contributed by atoms with Crippen LogP contribution >= 0.6 is 11.6 Å². The molecule has 1 amide bonds. The van der Waals surface area contributed by atoms with Crippen molar-refractivity contribution < 1.29 is 36.8 Å². The highest BCUT2D eigenvalue weighted by Crippen LogP contribution is 2.32. The van der Waals surface area contributed by atoms with Gasteiger partial charge in [0.25, 0.3) is 11.6 Å². The number of alkyl halides is 3. The van der Waals surface area contributed by atoms with Crippen LogP contribution in [-0.4, -0.2) is 28.8 Å². The predicted molar refractivity (Wildman–Crippen MR) is 139 cm³/mol. The lowest BCUT2D eigenvalue weighted by Crippen LogP contribution is -2.29. The molecule has 0 aliphatic carbocycles. The average Bonchev–Trinajstić information content (AvgIpc) is 2.85. The lowest BCUT2D eigenvalue weighted by atomic mass is 10.00. The van der Waals surface area contributed by atoms with Gasteiger partial charge in [0.2, 0.25) is 0 Å². The van der Waals surface area contributed by atoms with E-state index in [-0.39, 0.29) is 33.7 Å². The molecule has 0 atom stereocenters. The van der Waals surface area contributed by atoms with E-state index in [1.807, 2.05) is 0 Å². The van der Waals surface area contributed by atoms with E-state index in [1.165, 1.54) is 24.3 Å². The first-order chi connectivity index (χ1) is 18.5. The molecule has 0 heterocycles. The van der Waals surface area contributed by atoms with Crippen molar-refractivity contribution in [2.75, 3.05) is 11.9 Å². The molecule has 0 aromatic heterocycles. The highest BCUT2D eigenvalue weighted by molar-refractivity contribution is 6.31. The first-order valence-corrected chi connectivity index (χ1v) is 11.7. The number of ether oxygens (including phenoxy) is 1. The number of nitrogens with zero attached hydrogens (tertiary/aromatic N) is 1. The van der Waals surface area contributed by atoms with E-state index in [4.69, 9.17) is 22.1 Å². The third-order valence-corrected chi connectivity index (χ3v) is 5.26. The molecular weight excluding hydrogens is 558 g/mol. The zero-order valence-electron chi connectivity index (χ0n) is 20.9. The Labute approximate surface area is 230 Å². The summed E-state index contributed by atoms with van der Waals surface area (Å²) in [5, 5.41) is 13.9. The van der Waals surface area contributed by atoms with E-state index in [2.05, 4.69) is 17.2 Å². The molecule has 3 aromatic carbocycles. The number of benzene rings is 3. The molecule has 0 unspecified atom stereocenters. The summed E-state index contributed by atoms with van der Waals surface area (Å²) in [5.74, 6) is 2.01.